The zero-order valence-electron chi connectivity index (χ0n) is 6.25. The Morgan fingerprint density at radius 2 is 2.27 bits per heavy atom. The average molecular weight is 146 g/mol. The molecular formula is C10H10O. The van der Waals surface area contributed by atoms with Crippen molar-refractivity contribution in [1.82, 2.24) is 0 Å². The summed E-state index contributed by atoms with van der Waals surface area (Å²) in [5.41, 5.74) is 1.80. The van der Waals surface area contributed by atoms with Crippen LogP contribution in [0.3, 0.4) is 0 Å². The van der Waals surface area contributed by atoms with Crippen molar-refractivity contribution in [3.05, 3.63) is 35.5 Å². The van der Waals surface area contributed by atoms with Gasteiger partial charge in [-0.05, 0) is 18.1 Å². The van der Waals surface area contributed by atoms with Crippen LogP contribution in [0.2, 0.25) is 0 Å². The summed E-state index contributed by atoms with van der Waals surface area (Å²) >= 11 is 0. The molecule has 0 aromatic carbocycles. The molecule has 0 atom stereocenters. The maximum absolute atomic E-state index is 8.78. The van der Waals surface area contributed by atoms with Crippen LogP contribution in [0, 0.1) is 12.3 Å². The van der Waals surface area contributed by atoms with E-state index in [1.807, 2.05) is 24.3 Å². The Morgan fingerprint density at radius 1 is 1.45 bits per heavy atom. The van der Waals surface area contributed by atoms with Crippen molar-refractivity contribution in [2.45, 2.75) is 6.42 Å². The van der Waals surface area contributed by atoms with Gasteiger partial charge < -0.3 is 5.11 Å². The van der Waals surface area contributed by atoms with Crippen LogP contribution in [0.25, 0.3) is 0 Å². The summed E-state index contributed by atoms with van der Waals surface area (Å²) in [6.07, 6.45) is 13.6. The van der Waals surface area contributed by atoms with E-state index in [2.05, 4.69) is 5.92 Å². The predicted octanol–water partition coefficient (Wildman–Crippen LogP) is 1.42. The van der Waals surface area contributed by atoms with Crippen LogP contribution in [0.15, 0.2) is 35.5 Å². The molecule has 0 aliphatic heterocycles. The third-order valence-electron chi connectivity index (χ3n) is 1.54. The largest absolute Gasteiger partial charge is 0.392 e. The number of rotatable bonds is 1. The molecule has 0 aromatic rings. The molecule has 0 aromatic heterocycles. The van der Waals surface area contributed by atoms with Gasteiger partial charge in [-0.15, -0.1) is 6.42 Å². The van der Waals surface area contributed by atoms with Gasteiger partial charge in [0, 0.05) is 5.57 Å². The molecule has 11 heavy (non-hydrogen) atoms. The van der Waals surface area contributed by atoms with Crippen molar-refractivity contribution < 1.29 is 5.11 Å². The molecule has 0 unspecified atom stereocenters. The smallest absolute Gasteiger partial charge is 0.0678 e. The molecule has 0 bridgehead atoms. The number of hydrogen-bond acceptors (Lipinski definition) is 1. The highest BCUT2D eigenvalue weighted by Crippen LogP contribution is 2.08. The Kier molecular flexibility index (Phi) is 2.71. The Balaban J connectivity index is 2.76. The van der Waals surface area contributed by atoms with E-state index >= 15 is 0 Å². The fraction of sp³-hybridized carbons (Fsp3) is 0.200. The van der Waals surface area contributed by atoms with Gasteiger partial charge in [0.25, 0.3) is 0 Å². The number of allylic oxidation sites excluding steroid dienone is 4. The molecule has 1 N–H and O–H groups in total. The van der Waals surface area contributed by atoms with Crippen molar-refractivity contribution in [2.75, 3.05) is 6.61 Å². The lowest BCUT2D eigenvalue weighted by molar-refractivity contribution is 0.334. The van der Waals surface area contributed by atoms with Crippen molar-refractivity contribution in [3.8, 4) is 12.3 Å². The monoisotopic (exact) mass is 146 g/mol. The highest BCUT2D eigenvalue weighted by Gasteiger charge is 1.93. The van der Waals surface area contributed by atoms with Crippen molar-refractivity contribution >= 4 is 0 Å². The number of aliphatic hydroxyl groups is 1. The third-order valence-corrected chi connectivity index (χ3v) is 1.54. The summed E-state index contributed by atoms with van der Waals surface area (Å²) in [4.78, 5) is 0. The molecule has 1 aliphatic carbocycles. The van der Waals surface area contributed by atoms with E-state index in [9.17, 15) is 0 Å². The summed E-state index contributed by atoms with van der Waals surface area (Å²) in [5.74, 6) is 2.55. The zero-order valence-corrected chi connectivity index (χ0v) is 6.25. The van der Waals surface area contributed by atoms with Crippen LogP contribution >= 0.6 is 0 Å². The van der Waals surface area contributed by atoms with Crippen LogP contribution < -0.4 is 0 Å². The van der Waals surface area contributed by atoms with E-state index in [0.717, 1.165) is 17.6 Å². The van der Waals surface area contributed by atoms with E-state index in [1.54, 1.807) is 0 Å². The third kappa shape index (κ3) is 2.10. The lowest BCUT2D eigenvalue weighted by atomic mass is 10.2. The van der Waals surface area contributed by atoms with Crippen LogP contribution in [0.1, 0.15) is 6.42 Å². The number of aliphatic hydroxyl groups excluding tert-OH is 1. The molecule has 56 valence electrons. The van der Waals surface area contributed by atoms with Crippen LogP contribution in [0.4, 0.5) is 0 Å². The number of terminal acetylenes is 1. The first-order chi connectivity index (χ1) is 5.36. The SMILES string of the molecule is C#CC1=CCC=C(CO)C=C1. The predicted molar refractivity (Wildman–Crippen MR) is 45.8 cm³/mol. The van der Waals surface area contributed by atoms with Crippen molar-refractivity contribution in [2.24, 2.45) is 0 Å². The summed E-state index contributed by atoms with van der Waals surface area (Å²) in [6.45, 7) is 0.0855. The van der Waals surface area contributed by atoms with E-state index < -0.39 is 0 Å². The molecular weight excluding hydrogens is 136 g/mol. The second-order valence-corrected chi connectivity index (χ2v) is 2.31. The first-order valence-corrected chi connectivity index (χ1v) is 3.51. The molecule has 0 spiro atoms. The fourth-order valence-electron chi connectivity index (χ4n) is 0.894. The fourth-order valence-corrected chi connectivity index (χ4v) is 0.894. The second kappa shape index (κ2) is 3.80. The molecule has 0 saturated heterocycles. The minimum Gasteiger partial charge on any atom is -0.392 e. The van der Waals surface area contributed by atoms with E-state index in [0.29, 0.717) is 0 Å². The maximum atomic E-state index is 8.78. The Bertz CT molecular complexity index is 261. The molecule has 0 radical (unpaired) electrons. The van der Waals surface area contributed by atoms with Gasteiger partial charge in [-0.2, -0.15) is 0 Å². The van der Waals surface area contributed by atoms with Crippen molar-refractivity contribution in [3.63, 3.8) is 0 Å². The lowest BCUT2D eigenvalue weighted by Gasteiger charge is -1.90. The normalized spacial score (nSPS) is 16.4. The molecule has 0 fully saturated rings. The van der Waals surface area contributed by atoms with Gasteiger partial charge in [0.2, 0.25) is 0 Å². The van der Waals surface area contributed by atoms with Gasteiger partial charge in [0.15, 0.2) is 0 Å². The van der Waals surface area contributed by atoms with Gasteiger partial charge in [-0.3, -0.25) is 0 Å². The standard InChI is InChI=1S/C10H10O/c1-2-9-4-3-5-10(8-11)7-6-9/h1,4-7,11H,3,8H2. The second-order valence-electron chi connectivity index (χ2n) is 2.31. The Labute approximate surface area is 66.7 Å². The van der Waals surface area contributed by atoms with Crippen molar-refractivity contribution in [1.29, 1.82) is 0 Å². The lowest BCUT2D eigenvalue weighted by Crippen LogP contribution is -1.83. The van der Waals surface area contributed by atoms with Gasteiger partial charge in [-0.1, -0.05) is 24.1 Å². The minimum absolute atomic E-state index is 0.0855. The van der Waals surface area contributed by atoms with E-state index in [-0.39, 0.29) is 6.61 Å². The van der Waals surface area contributed by atoms with Gasteiger partial charge in [-0.25, -0.2) is 0 Å². The van der Waals surface area contributed by atoms with Crippen LogP contribution in [-0.2, 0) is 0 Å². The van der Waals surface area contributed by atoms with E-state index in [1.165, 1.54) is 0 Å². The molecule has 0 amide bonds. The molecule has 1 heteroatoms. The highest BCUT2D eigenvalue weighted by molar-refractivity contribution is 5.41. The first kappa shape index (κ1) is 7.84. The first-order valence-electron chi connectivity index (χ1n) is 3.51. The summed E-state index contributed by atoms with van der Waals surface area (Å²) < 4.78 is 0. The van der Waals surface area contributed by atoms with Crippen LogP contribution in [0.5, 0.6) is 0 Å². The van der Waals surface area contributed by atoms with Gasteiger partial charge in [0.05, 0.1) is 6.61 Å². The highest BCUT2D eigenvalue weighted by atomic mass is 16.3. The van der Waals surface area contributed by atoms with Gasteiger partial charge >= 0.3 is 0 Å². The van der Waals surface area contributed by atoms with Crippen LogP contribution in [-0.4, -0.2) is 11.7 Å². The maximum Gasteiger partial charge on any atom is 0.0678 e. The minimum atomic E-state index is 0.0855. The van der Waals surface area contributed by atoms with E-state index in [4.69, 9.17) is 11.5 Å². The molecule has 1 nitrogen and oxygen atoms in total. The molecule has 0 heterocycles. The average Bonchev–Trinajstić information content (AvgIpc) is 2.28. The Hall–Kier alpha value is -1.26. The molecule has 1 rings (SSSR count). The summed E-state index contributed by atoms with van der Waals surface area (Å²) in [5, 5.41) is 8.78. The number of hydrogen-bond donors (Lipinski definition) is 1. The Morgan fingerprint density at radius 3 is 2.91 bits per heavy atom. The molecule has 0 saturated carbocycles. The zero-order chi connectivity index (χ0) is 8.10. The molecule has 1 aliphatic rings. The summed E-state index contributed by atoms with van der Waals surface area (Å²) in [6, 6.07) is 0. The summed E-state index contributed by atoms with van der Waals surface area (Å²) in [7, 11) is 0. The topological polar surface area (TPSA) is 20.2 Å². The quantitative estimate of drug-likeness (QED) is 0.555. The van der Waals surface area contributed by atoms with Gasteiger partial charge in [0.1, 0.15) is 0 Å².